The van der Waals surface area contributed by atoms with Crippen molar-refractivity contribution < 1.29 is 14.3 Å². The summed E-state index contributed by atoms with van der Waals surface area (Å²) in [5.74, 6) is -0.584. The van der Waals surface area contributed by atoms with Crippen molar-refractivity contribution in [1.82, 2.24) is 4.90 Å². The Bertz CT molecular complexity index is 448. The molecule has 4 nitrogen and oxygen atoms in total. The Kier molecular flexibility index (Phi) is 6.73. The number of Topliss-reactive ketones (excluding diaryl/α,β-unsaturated/α-hetero) is 1. The molecule has 0 aliphatic rings. The molecular weight excluding hydrogens is 310 g/mol. The summed E-state index contributed by atoms with van der Waals surface area (Å²) in [4.78, 5) is 24.7. The summed E-state index contributed by atoms with van der Waals surface area (Å²) in [6, 6.07) is 7.91. The highest BCUT2D eigenvalue weighted by atomic mass is 79.9. The van der Waals surface area contributed by atoms with Crippen molar-refractivity contribution in [1.29, 1.82) is 0 Å². The van der Waals surface area contributed by atoms with Gasteiger partial charge in [-0.15, -0.1) is 0 Å². The van der Waals surface area contributed by atoms with Crippen molar-refractivity contribution in [2.24, 2.45) is 0 Å². The molecule has 5 heteroatoms. The van der Waals surface area contributed by atoms with Gasteiger partial charge < -0.3 is 4.74 Å². The number of hydrogen-bond acceptors (Lipinski definition) is 4. The largest absolute Gasteiger partial charge is 0.466 e. The van der Waals surface area contributed by atoms with Gasteiger partial charge in [-0.2, -0.15) is 0 Å². The van der Waals surface area contributed by atoms with E-state index in [9.17, 15) is 9.59 Å². The van der Waals surface area contributed by atoms with E-state index in [1.807, 2.05) is 36.2 Å². The van der Waals surface area contributed by atoms with E-state index in [4.69, 9.17) is 4.74 Å². The number of carbonyl (C=O) groups is 2. The summed E-state index contributed by atoms with van der Waals surface area (Å²) >= 11 is 3.41. The first-order chi connectivity index (χ1) is 9.01. The van der Waals surface area contributed by atoms with E-state index in [2.05, 4.69) is 15.9 Å². The van der Waals surface area contributed by atoms with E-state index in [1.165, 1.54) is 0 Å². The summed E-state index contributed by atoms with van der Waals surface area (Å²) in [6.07, 6.45) is -0.156. The molecule has 1 aromatic rings. The Labute approximate surface area is 121 Å². The minimum Gasteiger partial charge on any atom is -0.466 e. The van der Waals surface area contributed by atoms with Crippen molar-refractivity contribution in [3.05, 3.63) is 34.3 Å². The average molecular weight is 328 g/mol. The van der Waals surface area contributed by atoms with Crippen LogP contribution in [0.4, 0.5) is 0 Å². The maximum atomic E-state index is 11.6. The van der Waals surface area contributed by atoms with Crippen LogP contribution in [-0.2, 0) is 20.9 Å². The van der Waals surface area contributed by atoms with Gasteiger partial charge in [0.1, 0.15) is 6.42 Å². The highest BCUT2D eigenvalue weighted by Crippen LogP contribution is 2.12. The standard InChI is InChI=1S/C14H18BrNO3/c1-3-19-14(18)8-13(17)10-16(2)9-11-5-4-6-12(15)7-11/h4-7H,3,8-10H2,1-2H3. The second kappa shape index (κ2) is 8.07. The first-order valence-electron chi connectivity index (χ1n) is 6.11. The SMILES string of the molecule is CCOC(=O)CC(=O)CN(C)Cc1cccc(Br)c1. The molecule has 1 aromatic carbocycles. The second-order valence-corrected chi connectivity index (χ2v) is 5.24. The molecule has 0 radical (unpaired) electrons. The summed E-state index contributed by atoms with van der Waals surface area (Å²) in [6.45, 7) is 2.93. The number of esters is 1. The number of halogens is 1. The number of benzene rings is 1. The van der Waals surface area contributed by atoms with Crippen molar-refractivity contribution in [3.63, 3.8) is 0 Å². The molecule has 104 valence electrons. The Morgan fingerprint density at radius 3 is 2.74 bits per heavy atom. The van der Waals surface area contributed by atoms with Crippen LogP contribution >= 0.6 is 15.9 Å². The van der Waals surface area contributed by atoms with E-state index in [0.29, 0.717) is 13.2 Å². The third-order valence-corrected chi connectivity index (χ3v) is 2.93. The number of carbonyl (C=O) groups excluding carboxylic acids is 2. The third-order valence-electron chi connectivity index (χ3n) is 2.43. The fourth-order valence-electron chi connectivity index (χ4n) is 1.73. The number of nitrogens with zero attached hydrogens (tertiary/aromatic N) is 1. The molecule has 0 spiro atoms. The van der Waals surface area contributed by atoms with E-state index >= 15 is 0 Å². The fraction of sp³-hybridized carbons (Fsp3) is 0.429. The predicted molar refractivity (Wildman–Crippen MR) is 76.7 cm³/mol. The van der Waals surface area contributed by atoms with Crippen LogP contribution in [-0.4, -0.2) is 36.9 Å². The molecule has 0 saturated heterocycles. The topological polar surface area (TPSA) is 46.6 Å². The zero-order chi connectivity index (χ0) is 14.3. The molecular formula is C14H18BrNO3. The highest BCUT2D eigenvalue weighted by molar-refractivity contribution is 9.10. The zero-order valence-corrected chi connectivity index (χ0v) is 12.8. The Morgan fingerprint density at radius 2 is 2.11 bits per heavy atom. The van der Waals surface area contributed by atoms with Gasteiger partial charge in [-0.3, -0.25) is 14.5 Å². The van der Waals surface area contributed by atoms with Gasteiger partial charge in [0.15, 0.2) is 5.78 Å². The summed E-state index contributed by atoms with van der Waals surface area (Å²) in [5.41, 5.74) is 1.11. The monoisotopic (exact) mass is 327 g/mol. The molecule has 0 N–H and O–H groups in total. The number of rotatable bonds is 7. The summed E-state index contributed by atoms with van der Waals surface area (Å²) in [5, 5.41) is 0. The zero-order valence-electron chi connectivity index (χ0n) is 11.2. The molecule has 19 heavy (non-hydrogen) atoms. The molecule has 1 rings (SSSR count). The summed E-state index contributed by atoms with van der Waals surface area (Å²) < 4.78 is 5.75. The van der Waals surface area contributed by atoms with E-state index in [1.54, 1.807) is 6.92 Å². The van der Waals surface area contributed by atoms with Crippen LogP contribution in [0.3, 0.4) is 0 Å². The second-order valence-electron chi connectivity index (χ2n) is 4.32. The van der Waals surface area contributed by atoms with Gasteiger partial charge in [-0.25, -0.2) is 0 Å². The number of hydrogen-bond donors (Lipinski definition) is 0. The van der Waals surface area contributed by atoms with Crippen LogP contribution in [0.2, 0.25) is 0 Å². The van der Waals surface area contributed by atoms with Crippen LogP contribution < -0.4 is 0 Å². The Balaban J connectivity index is 2.40. The maximum Gasteiger partial charge on any atom is 0.313 e. The van der Waals surface area contributed by atoms with Gasteiger partial charge in [-0.05, 0) is 31.7 Å². The van der Waals surface area contributed by atoms with Crippen molar-refractivity contribution >= 4 is 27.7 Å². The van der Waals surface area contributed by atoms with Gasteiger partial charge in [0.2, 0.25) is 0 Å². The van der Waals surface area contributed by atoms with Crippen LogP contribution in [0.15, 0.2) is 28.7 Å². The van der Waals surface area contributed by atoms with Gasteiger partial charge in [0, 0.05) is 11.0 Å². The molecule has 0 unspecified atom stereocenters. The molecule has 0 aromatic heterocycles. The lowest BCUT2D eigenvalue weighted by molar-refractivity contribution is -0.145. The van der Waals surface area contributed by atoms with Crippen molar-refractivity contribution in [3.8, 4) is 0 Å². The molecule has 0 aliphatic heterocycles. The highest BCUT2D eigenvalue weighted by Gasteiger charge is 2.12. The molecule has 0 amide bonds. The van der Waals surface area contributed by atoms with E-state index in [-0.39, 0.29) is 18.7 Å². The summed E-state index contributed by atoms with van der Waals surface area (Å²) in [7, 11) is 1.85. The lowest BCUT2D eigenvalue weighted by atomic mass is 10.2. The van der Waals surface area contributed by atoms with Crippen LogP contribution in [0.25, 0.3) is 0 Å². The fourth-order valence-corrected chi connectivity index (χ4v) is 2.18. The molecule has 0 saturated carbocycles. The normalized spacial score (nSPS) is 10.5. The quantitative estimate of drug-likeness (QED) is 0.570. The minimum atomic E-state index is -0.455. The van der Waals surface area contributed by atoms with Crippen molar-refractivity contribution in [2.75, 3.05) is 20.2 Å². The molecule has 0 bridgehead atoms. The van der Waals surface area contributed by atoms with Gasteiger partial charge >= 0.3 is 5.97 Å². The van der Waals surface area contributed by atoms with Gasteiger partial charge in [-0.1, -0.05) is 28.1 Å². The number of likely N-dealkylation sites (N-methyl/N-ethyl adjacent to an activating group) is 1. The maximum absolute atomic E-state index is 11.6. The Hall–Kier alpha value is -1.20. The molecule has 0 fully saturated rings. The van der Waals surface area contributed by atoms with Crippen LogP contribution in [0.1, 0.15) is 18.9 Å². The van der Waals surface area contributed by atoms with E-state index < -0.39 is 5.97 Å². The van der Waals surface area contributed by atoms with E-state index in [0.717, 1.165) is 10.0 Å². The Morgan fingerprint density at radius 1 is 1.37 bits per heavy atom. The van der Waals surface area contributed by atoms with Gasteiger partial charge in [0.25, 0.3) is 0 Å². The first-order valence-corrected chi connectivity index (χ1v) is 6.91. The van der Waals surface area contributed by atoms with Crippen LogP contribution in [0.5, 0.6) is 0 Å². The third kappa shape index (κ3) is 6.50. The molecule has 0 heterocycles. The first kappa shape index (κ1) is 15.9. The average Bonchev–Trinajstić information content (AvgIpc) is 2.28. The van der Waals surface area contributed by atoms with Gasteiger partial charge in [0.05, 0.1) is 13.2 Å². The van der Waals surface area contributed by atoms with Crippen LogP contribution in [0, 0.1) is 0 Å². The lowest BCUT2D eigenvalue weighted by Crippen LogP contribution is -2.27. The smallest absolute Gasteiger partial charge is 0.313 e. The van der Waals surface area contributed by atoms with Crippen molar-refractivity contribution in [2.45, 2.75) is 19.9 Å². The molecule has 0 aliphatic carbocycles. The molecule has 0 atom stereocenters. The number of ketones is 1. The lowest BCUT2D eigenvalue weighted by Gasteiger charge is -2.15. The predicted octanol–water partition coefficient (Wildman–Crippen LogP) is 2.40. The number of ether oxygens (including phenoxy) is 1. The minimum absolute atomic E-state index is 0.129.